The lowest BCUT2D eigenvalue weighted by molar-refractivity contribution is -0.186. The number of benzene rings is 1. The molecule has 2 amide bonds. The summed E-state index contributed by atoms with van der Waals surface area (Å²) >= 11 is 0. The molecule has 1 aromatic rings. The number of rotatable bonds is 5. The molecule has 3 aliphatic rings. The summed E-state index contributed by atoms with van der Waals surface area (Å²) in [5.41, 5.74) is 1.03. The molecule has 1 aromatic carbocycles. The van der Waals surface area contributed by atoms with Crippen molar-refractivity contribution in [3.8, 4) is 5.75 Å². The van der Waals surface area contributed by atoms with Crippen LogP contribution < -0.4 is 4.74 Å². The second-order valence-corrected chi connectivity index (χ2v) is 7.52. The molecular weight excluding hydrogens is 366 g/mol. The highest BCUT2D eigenvalue weighted by Gasteiger charge is 2.57. The number of hydrogen-bond acceptors (Lipinski definition) is 7. The van der Waals surface area contributed by atoms with Crippen LogP contribution in [0.3, 0.4) is 0 Å². The Bertz CT molecular complexity index is 816. The molecular formula is C20H23NO7. The van der Waals surface area contributed by atoms with Crippen molar-refractivity contribution in [1.82, 2.24) is 4.90 Å². The fourth-order valence-corrected chi connectivity index (χ4v) is 3.87. The number of carbonyl (C=O) groups excluding carboxylic acids is 2. The van der Waals surface area contributed by atoms with E-state index in [-0.39, 0.29) is 18.7 Å². The summed E-state index contributed by atoms with van der Waals surface area (Å²) in [4.78, 5) is 26.6. The predicted molar refractivity (Wildman–Crippen MR) is 96.2 cm³/mol. The summed E-state index contributed by atoms with van der Waals surface area (Å²) in [5, 5.41) is 9.60. The van der Waals surface area contributed by atoms with Gasteiger partial charge in [-0.15, -0.1) is 0 Å². The van der Waals surface area contributed by atoms with E-state index in [1.165, 1.54) is 11.0 Å². The largest absolute Gasteiger partial charge is 0.497 e. The Hall–Kier alpha value is -2.26. The normalized spacial score (nSPS) is 31.3. The van der Waals surface area contributed by atoms with Crippen molar-refractivity contribution < 1.29 is 33.6 Å². The molecule has 1 N–H and O–H groups in total. The van der Waals surface area contributed by atoms with Crippen LogP contribution in [0, 0.1) is 0 Å². The van der Waals surface area contributed by atoms with Crippen LogP contribution in [0.15, 0.2) is 35.9 Å². The average molecular weight is 389 g/mol. The van der Waals surface area contributed by atoms with E-state index < -0.39 is 42.0 Å². The molecule has 4 atom stereocenters. The third-order valence-corrected chi connectivity index (χ3v) is 5.17. The molecule has 0 saturated carbocycles. The van der Waals surface area contributed by atoms with Gasteiger partial charge in [0.15, 0.2) is 5.79 Å². The van der Waals surface area contributed by atoms with Crippen molar-refractivity contribution in [2.75, 3.05) is 13.7 Å². The van der Waals surface area contributed by atoms with Crippen LogP contribution in [-0.2, 0) is 30.3 Å². The van der Waals surface area contributed by atoms with Gasteiger partial charge in [0.1, 0.15) is 30.2 Å². The maximum absolute atomic E-state index is 12.9. The lowest BCUT2D eigenvalue weighted by Crippen LogP contribution is -2.36. The minimum atomic E-state index is -0.847. The smallest absolute Gasteiger partial charge is 0.259 e. The molecule has 0 aromatic heterocycles. The molecule has 0 radical (unpaired) electrons. The van der Waals surface area contributed by atoms with Gasteiger partial charge in [-0.05, 0) is 31.5 Å². The summed E-state index contributed by atoms with van der Waals surface area (Å²) in [6, 6.07) is 7.16. The van der Waals surface area contributed by atoms with Crippen LogP contribution in [0.4, 0.5) is 0 Å². The monoisotopic (exact) mass is 389 g/mol. The number of amides is 2. The van der Waals surface area contributed by atoms with Crippen molar-refractivity contribution >= 4 is 11.8 Å². The van der Waals surface area contributed by atoms with Gasteiger partial charge in [-0.1, -0.05) is 12.1 Å². The van der Waals surface area contributed by atoms with Crippen LogP contribution in [0.25, 0.3) is 0 Å². The standard InChI is InChI=1S/C20H23NO7/c1-20(2)27-17-14(10-22)26-16(18(17)28-20)13-8-15(23)21(19(13)24)9-11-4-6-12(25-3)7-5-11/h4-8,14,16-18,22H,9-10H2,1-3H3/t14-,16+,17-,18+/m0/s1. The van der Waals surface area contributed by atoms with E-state index in [1.807, 2.05) is 0 Å². The van der Waals surface area contributed by atoms with E-state index in [0.717, 1.165) is 5.56 Å². The Morgan fingerprint density at radius 3 is 2.46 bits per heavy atom. The molecule has 28 heavy (non-hydrogen) atoms. The van der Waals surface area contributed by atoms with Crippen molar-refractivity contribution in [3.05, 3.63) is 41.5 Å². The Labute approximate surface area is 162 Å². The highest BCUT2D eigenvalue weighted by Crippen LogP contribution is 2.42. The minimum absolute atomic E-state index is 0.148. The fraction of sp³-hybridized carbons (Fsp3) is 0.500. The maximum Gasteiger partial charge on any atom is 0.259 e. The van der Waals surface area contributed by atoms with E-state index >= 15 is 0 Å². The third kappa shape index (κ3) is 3.22. The molecule has 0 bridgehead atoms. The van der Waals surface area contributed by atoms with Gasteiger partial charge in [0, 0.05) is 6.08 Å². The van der Waals surface area contributed by atoms with Crippen molar-refractivity contribution in [2.45, 2.75) is 50.6 Å². The predicted octanol–water partition coefficient (Wildman–Crippen LogP) is 0.770. The molecule has 0 spiro atoms. The second kappa shape index (κ2) is 6.97. The number of ether oxygens (including phenoxy) is 4. The van der Waals surface area contributed by atoms with E-state index in [9.17, 15) is 14.7 Å². The van der Waals surface area contributed by atoms with Crippen LogP contribution in [0.5, 0.6) is 5.75 Å². The Morgan fingerprint density at radius 2 is 1.82 bits per heavy atom. The number of carbonyl (C=O) groups is 2. The minimum Gasteiger partial charge on any atom is -0.497 e. The first-order valence-electron chi connectivity index (χ1n) is 9.15. The molecule has 8 nitrogen and oxygen atoms in total. The number of methoxy groups -OCH3 is 1. The average Bonchev–Trinajstić information content (AvgIpc) is 3.25. The Morgan fingerprint density at radius 1 is 1.14 bits per heavy atom. The van der Waals surface area contributed by atoms with Crippen molar-refractivity contribution in [2.24, 2.45) is 0 Å². The number of hydrogen-bond donors (Lipinski definition) is 1. The van der Waals surface area contributed by atoms with Gasteiger partial charge in [0.25, 0.3) is 11.8 Å². The Balaban J connectivity index is 1.52. The molecule has 150 valence electrons. The van der Waals surface area contributed by atoms with Gasteiger partial charge < -0.3 is 24.1 Å². The van der Waals surface area contributed by atoms with Gasteiger partial charge in [0.2, 0.25) is 0 Å². The van der Waals surface area contributed by atoms with Gasteiger partial charge in [-0.25, -0.2) is 0 Å². The lowest BCUT2D eigenvalue weighted by atomic mass is 10.0. The van der Waals surface area contributed by atoms with Crippen LogP contribution in [0.1, 0.15) is 19.4 Å². The number of fused-ring (bicyclic) bond motifs is 1. The van der Waals surface area contributed by atoms with Gasteiger partial charge in [0.05, 0.1) is 25.8 Å². The molecule has 4 rings (SSSR count). The van der Waals surface area contributed by atoms with Crippen LogP contribution >= 0.6 is 0 Å². The zero-order valence-corrected chi connectivity index (χ0v) is 16.0. The fourth-order valence-electron chi connectivity index (χ4n) is 3.87. The molecule has 8 heteroatoms. The number of aliphatic hydroxyl groups excluding tert-OH is 1. The lowest BCUT2D eigenvalue weighted by Gasteiger charge is -2.24. The highest BCUT2D eigenvalue weighted by atomic mass is 16.8. The number of nitrogens with zero attached hydrogens (tertiary/aromatic N) is 1. The summed E-state index contributed by atoms with van der Waals surface area (Å²) in [6.07, 6.45) is -1.14. The van der Waals surface area contributed by atoms with E-state index in [4.69, 9.17) is 18.9 Å². The summed E-state index contributed by atoms with van der Waals surface area (Å²) in [7, 11) is 1.57. The molecule has 2 fully saturated rings. The van der Waals surface area contributed by atoms with E-state index in [2.05, 4.69) is 0 Å². The van der Waals surface area contributed by atoms with Gasteiger partial charge in [-0.2, -0.15) is 0 Å². The van der Waals surface area contributed by atoms with Crippen molar-refractivity contribution in [3.63, 3.8) is 0 Å². The van der Waals surface area contributed by atoms with Crippen LogP contribution in [0.2, 0.25) is 0 Å². The first-order chi connectivity index (χ1) is 13.3. The molecule has 0 unspecified atom stereocenters. The molecule has 2 saturated heterocycles. The number of aliphatic hydroxyl groups is 1. The summed E-state index contributed by atoms with van der Waals surface area (Å²) < 4.78 is 22.7. The van der Waals surface area contributed by atoms with E-state index in [1.54, 1.807) is 45.2 Å². The zero-order chi connectivity index (χ0) is 20.1. The van der Waals surface area contributed by atoms with E-state index in [0.29, 0.717) is 5.75 Å². The van der Waals surface area contributed by atoms with Gasteiger partial charge in [-0.3, -0.25) is 14.5 Å². The first-order valence-corrected chi connectivity index (χ1v) is 9.15. The summed E-state index contributed by atoms with van der Waals surface area (Å²) in [5.74, 6) is -0.971. The highest BCUT2D eigenvalue weighted by molar-refractivity contribution is 6.16. The molecule has 0 aliphatic carbocycles. The Kier molecular flexibility index (Phi) is 4.75. The summed E-state index contributed by atoms with van der Waals surface area (Å²) in [6.45, 7) is 3.42. The quantitative estimate of drug-likeness (QED) is 0.744. The molecule has 3 aliphatic heterocycles. The topological polar surface area (TPSA) is 94.5 Å². The van der Waals surface area contributed by atoms with Crippen LogP contribution in [-0.4, -0.2) is 65.7 Å². The maximum atomic E-state index is 12.9. The van der Waals surface area contributed by atoms with Crippen molar-refractivity contribution in [1.29, 1.82) is 0 Å². The third-order valence-electron chi connectivity index (χ3n) is 5.17. The first kappa shape index (κ1) is 19.1. The van der Waals surface area contributed by atoms with Gasteiger partial charge >= 0.3 is 0 Å². The SMILES string of the molecule is COc1ccc(CN2C(=O)C=C([C@H]3O[C@@H](CO)[C@@H]4OC(C)(C)O[C@@H]43)C2=O)cc1. The second-order valence-electron chi connectivity index (χ2n) is 7.52. The zero-order valence-electron chi connectivity index (χ0n) is 16.0. The molecule has 3 heterocycles. The number of imide groups is 1.